The minimum absolute atomic E-state index is 0.289. The van der Waals surface area contributed by atoms with E-state index in [4.69, 9.17) is 9.84 Å². The van der Waals surface area contributed by atoms with E-state index in [0.29, 0.717) is 17.7 Å². The average Bonchev–Trinajstić information content (AvgIpc) is 2.47. The van der Waals surface area contributed by atoms with Crippen molar-refractivity contribution in [3.8, 4) is 5.75 Å². The molecule has 1 aliphatic rings. The number of aromatic carboxylic acids is 1. The molecule has 0 aromatic heterocycles. The lowest BCUT2D eigenvalue weighted by Gasteiger charge is -2.32. The maximum Gasteiger partial charge on any atom is 0.335 e. The molecule has 1 aliphatic carbocycles. The van der Waals surface area contributed by atoms with E-state index in [1.807, 2.05) is 0 Å². The quantitative estimate of drug-likeness (QED) is 0.860. The van der Waals surface area contributed by atoms with Crippen LogP contribution in [-0.2, 0) is 0 Å². The molecule has 2 N–H and O–H groups in total. The van der Waals surface area contributed by atoms with Crippen molar-refractivity contribution >= 4 is 11.7 Å². The van der Waals surface area contributed by atoms with Crippen LogP contribution in [0.4, 0.5) is 5.69 Å². The summed E-state index contributed by atoms with van der Waals surface area (Å²) in [6.07, 6.45) is 6.06. The summed E-state index contributed by atoms with van der Waals surface area (Å²) in [5.74, 6) is 0.448. The maximum absolute atomic E-state index is 11.1. The van der Waals surface area contributed by atoms with Crippen LogP contribution in [0, 0.1) is 5.92 Å². The van der Waals surface area contributed by atoms with Crippen LogP contribution < -0.4 is 10.1 Å². The number of carboxylic acids is 1. The van der Waals surface area contributed by atoms with E-state index in [2.05, 4.69) is 12.2 Å². The zero-order chi connectivity index (χ0) is 14.5. The minimum atomic E-state index is -0.911. The molecule has 0 bridgehead atoms. The van der Waals surface area contributed by atoms with E-state index >= 15 is 0 Å². The normalized spacial score (nSPS) is 22.3. The Labute approximate surface area is 120 Å². The molecule has 2 unspecified atom stereocenters. The van der Waals surface area contributed by atoms with Crippen LogP contribution in [0.15, 0.2) is 18.2 Å². The monoisotopic (exact) mass is 277 g/mol. The summed E-state index contributed by atoms with van der Waals surface area (Å²) in [6.45, 7) is 2.22. The topological polar surface area (TPSA) is 58.6 Å². The molecule has 0 amide bonds. The third-order valence-electron chi connectivity index (χ3n) is 4.22. The zero-order valence-electron chi connectivity index (χ0n) is 12.2. The lowest BCUT2D eigenvalue weighted by molar-refractivity contribution is 0.0697. The van der Waals surface area contributed by atoms with Gasteiger partial charge in [0.25, 0.3) is 0 Å². The van der Waals surface area contributed by atoms with E-state index in [1.165, 1.54) is 19.3 Å². The molecule has 2 atom stereocenters. The fourth-order valence-corrected chi connectivity index (χ4v) is 3.04. The Morgan fingerprint density at radius 1 is 1.40 bits per heavy atom. The second kappa shape index (κ2) is 6.64. The van der Waals surface area contributed by atoms with Crippen LogP contribution in [0.25, 0.3) is 0 Å². The molecule has 0 heterocycles. The summed E-state index contributed by atoms with van der Waals surface area (Å²) < 4.78 is 5.34. The van der Waals surface area contributed by atoms with Gasteiger partial charge in [-0.1, -0.05) is 26.2 Å². The standard InChI is InChI=1S/C16H23NO3/c1-3-11-6-4-5-7-13(11)17-14-10-12(16(18)19)8-9-15(14)20-2/h8-11,13,17H,3-7H2,1-2H3,(H,18,19). The summed E-state index contributed by atoms with van der Waals surface area (Å²) in [6, 6.07) is 5.37. The fourth-order valence-electron chi connectivity index (χ4n) is 3.04. The van der Waals surface area contributed by atoms with Gasteiger partial charge in [-0.3, -0.25) is 0 Å². The number of carbonyl (C=O) groups is 1. The number of hydrogen-bond donors (Lipinski definition) is 2. The molecule has 110 valence electrons. The third kappa shape index (κ3) is 3.24. The molecule has 1 saturated carbocycles. The largest absolute Gasteiger partial charge is 0.495 e. The molecule has 2 rings (SSSR count). The second-order valence-corrected chi connectivity index (χ2v) is 5.42. The number of anilines is 1. The summed E-state index contributed by atoms with van der Waals surface area (Å²) in [5, 5.41) is 12.6. The highest BCUT2D eigenvalue weighted by molar-refractivity contribution is 5.89. The van der Waals surface area contributed by atoms with Crippen molar-refractivity contribution in [1.82, 2.24) is 0 Å². The number of rotatable bonds is 5. The van der Waals surface area contributed by atoms with Gasteiger partial charge in [-0.2, -0.15) is 0 Å². The Kier molecular flexibility index (Phi) is 4.88. The van der Waals surface area contributed by atoms with E-state index in [-0.39, 0.29) is 5.56 Å². The van der Waals surface area contributed by atoms with Gasteiger partial charge in [0.1, 0.15) is 5.75 Å². The highest BCUT2D eigenvalue weighted by Crippen LogP contribution is 2.33. The molecular weight excluding hydrogens is 254 g/mol. The average molecular weight is 277 g/mol. The van der Waals surface area contributed by atoms with Crippen LogP contribution in [0.2, 0.25) is 0 Å². The van der Waals surface area contributed by atoms with Gasteiger partial charge in [0.2, 0.25) is 0 Å². The Morgan fingerprint density at radius 3 is 2.80 bits per heavy atom. The Morgan fingerprint density at radius 2 is 2.15 bits per heavy atom. The van der Waals surface area contributed by atoms with Crippen LogP contribution in [0.1, 0.15) is 49.4 Å². The predicted molar refractivity (Wildman–Crippen MR) is 79.6 cm³/mol. The van der Waals surface area contributed by atoms with E-state index < -0.39 is 5.97 Å². The van der Waals surface area contributed by atoms with E-state index in [1.54, 1.807) is 25.3 Å². The second-order valence-electron chi connectivity index (χ2n) is 5.42. The summed E-state index contributed by atoms with van der Waals surface area (Å²) in [7, 11) is 1.61. The first kappa shape index (κ1) is 14.7. The number of hydrogen-bond acceptors (Lipinski definition) is 3. The van der Waals surface area contributed by atoms with Gasteiger partial charge >= 0.3 is 5.97 Å². The molecule has 0 saturated heterocycles. The molecular formula is C16H23NO3. The zero-order valence-corrected chi connectivity index (χ0v) is 12.2. The van der Waals surface area contributed by atoms with Gasteiger partial charge in [0.15, 0.2) is 0 Å². The number of benzene rings is 1. The third-order valence-corrected chi connectivity index (χ3v) is 4.22. The van der Waals surface area contributed by atoms with Crippen molar-refractivity contribution in [1.29, 1.82) is 0 Å². The predicted octanol–water partition coefficient (Wildman–Crippen LogP) is 3.77. The van der Waals surface area contributed by atoms with Gasteiger partial charge < -0.3 is 15.2 Å². The molecule has 1 fully saturated rings. The summed E-state index contributed by atoms with van der Waals surface area (Å²) >= 11 is 0. The first-order valence-corrected chi connectivity index (χ1v) is 7.33. The Bertz CT molecular complexity index is 473. The van der Waals surface area contributed by atoms with Gasteiger partial charge in [0, 0.05) is 6.04 Å². The minimum Gasteiger partial charge on any atom is -0.495 e. The number of nitrogens with one attached hydrogen (secondary N) is 1. The number of methoxy groups -OCH3 is 1. The van der Waals surface area contributed by atoms with Crippen LogP contribution >= 0.6 is 0 Å². The van der Waals surface area contributed by atoms with Crippen molar-refractivity contribution in [2.75, 3.05) is 12.4 Å². The van der Waals surface area contributed by atoms with Gasteiger partial charge in [0.05, 0.1) is 18.4 Å². The molecule has 0 radical (unpaired) electrons. The molecule has 4 heteroatoms. The molecule has 1 aromatic rings. The van der Waals surface area contributed by atoms with E-state index in [0.717, 1.165) is 18.5 Å². The Balaban J connectivity index is 2.21. The SMILES string of the molecule is CCC1CCCCC1Nc1cc(C(=O)O)ccc1OC. The molecule has 4 nitrogen and oxygen atoms in total. The maximum atomic E-state index is 11.1. The molecule has 1 aromatic carbocycles. The van der Waals surface area contributed by atoms with Gasteiger partial charge in [-0.15, -0.1) is 0 Å². The lowest BCUT2D eigenvalue weighted by Crippen LogP contribution is -2.32. The number of ether oxygens (including phenoxy) is 1. The smallest absolute Gasteiger partial charge is 0.335 e. The van der Waals surface area contributed by atoms with Crippen molar-refractivity contribution in [3.63, 3.8) is 0 Å². The Hall–Kier alpha value is -1.71. The van der Waals surface area contributed by atoms with E-state index in [9.17, 15) is 4.79 Å². The van der Waals surface area contributed by atoms with Gasteiger partial charge in [-0.05, 0) is 37.0 Å². The van der Waals surface area contributed by atoms with Crippen molar-refractivity contribution in [2.45, 2.75) is 45.1 Å². The van der Waals surface area contributed by atoms with Crippen LogP contribution in [0.5, 0.6) is 5.75 Å². The fraction of sp³-hybridized carbons (Fsp3) is 0.562. The van der Waals surface area contributed by atoms with Crippen LogP contribution in [-0.4, -0.2) is 24.2 Å². The summed E-state index contributed by atoms with van der Waals surface area (Å²) in [5.41, 5.74) is 1.08. The van der Waals surface area contributed by atoms with Gasteiger partial charge in [-0.25, -0.2) is 4.79 Å². The highest BCUT2D eigenvalue weighted by atomic mass is 16.5. The van der Waals surface area contributed by atoms with Crippen LogP contribution in [0.3, 0.4) is 0 Å². The van der Waals surface area contributed by atoms with Crippen molar-refractivity contribution in [3.05, 3.63) is 23.8 Å². The molecule has 20 heavy (non-hydrogen) atoms. The molecule has 0 aliphatic heterocycles. The first-order chi connectivity index (χ1) is 9.65. The summed E-state index contributed by atoms with van der Waals surface area (Å²) in [4.78, 5) is 11.1. The van der Waals surface area contributed by atoms with Crippen molar-refractivity contribution < 1.29 is 14.6 Å². The van der Waals surface area contributed by atoms with Crippen molar-refractivity contribution in [2.24, 2.45) is 5.92 Å². The number of carboxylic acid groups (broad SMARTS) is 1. The highest BCUT2D eigenvalue weighted by Gasteiger charge is 2.24. The lowest BCUT2D eigenvalue weighted by atomic mass is 9.82. The first-order valence-electron chi connectivity index (χ1n) is 7.33. The molecule has 0 spiro atoms.